The fraction of sp³-hybridized carbons (Fsp3) is 0.435. The summed E-state index contributed by atoms with van der Waals surface area (Å²) in [5.41, 5.74) is -1.62. The molecule has 0 aliphatic heterocycles. The van der Waals surface area contributed by atoms with Crippen LogP contribution in [0.4, 0.5) is 26.3 Å². The smallest absolute Gasteiger partial charge is 0.294 e. The van der Waals surface area contributed by atoms with Gasteiger partial charge in [-0.1, -0.05) is 31.0 Å². The quantitative estimate of drug-likeness (QED) is 0.234. The van der Waals surface area contributed by atoms with E-state index >= 15 is 0 Å². The van der Waals surface area contributed by atoms with E-state index in [-0.39, 0.29) is 28.6 Å². The number of sulfone groups is 1. The van der Waals surface area contributed by atoms with Gasteiger partial charge in [-0.05, 0) is 55.5 Å². The predicted molar refractivity (Wildman–Crippen MR) is 109 cm³/mol. The van der Waals surface area contributed by atoms with Gasteiger partial charge in [0.2, 0.25) is 0 Å². The van der Waals surface area contributed by atoms with Crippen molar-refractivity contribution in [3.63, 3.8) is 0 Å². The van der Waals surface area contributed by atoms with Crippen LogP contribution in [0.15, 0.2) is 53.4 Å². The molecule has 10 heteroatoms. The number of unbranched alkanes of at least 4 members (excludes halogenated alkanes) is 1. The summed E-state index contributed by atoms with van der Waals surface area (Å²) in [6.45, 7) is 0. The van der Waals surface area contributed by atoms with Gasteiger partial charge in [-0.15, -0.1) is 0 Å². The third kappa shape index (κ3) is 6.16. The van der Waals surface area contributed by atoms with Crippen LogP contribution < -0.4 is 0 Å². The van der Waals surface area contributed by atoms with Crippen molar-refractivity contribution in [2.75, 3.05) is 0 Å². The first-order valence-corrected chi connectivity index (χ1v) is 11.9. The molecule has 0 atom stereocenters. The Morgan fingerprint density at radius 3 is 2.03 bits per heavy atom. The van der Waals surface area contributed by atoms with Crippen molar-refractivity contribution in [1.82, 2.24) is 0 Å². The zero-order valence-corrected chi connectivity index (χ0v) is 18.2. The zero-order valence-electron chi connectivity index (χ0n) is 17.4. The SMILES string of the molecule is O=C(CCCCC1CC(S(=O)(=O)c2cccc(C(F)(F)F)c2)C1)c1ccc(C(F)(F)F)cc1. The van der Waals surface area contributed by atoms with E-state index in [2.05, 4.69) is 0 Å². The molecule has 3 nitrogen and oxygen atoms in total. The zero-order chi connectivity index (χ0) is 24.4. The summed E-state index contributed by atoms with van der Waals surface area (Å²) in [6, 6.07) is 7.79. The molecule has 0 saturated heterocycles. The first kappa shape index (κ1) is 25.3. The second-order valence-corrected chi connectivity index (χ2v) is 10.5. The molecule has 2 aromatic carbocycles. The van der Waals surface area contributed by atoms with Crippen molar-refractivity contribution in [1.29, 1.82) is 0 Å². The van der Waals surface area contributed by atoms with E-state index in [0.717, 1.165) is 36.4 Å². The van der Waals surface area contributed by atoms with Crippen LogP contribution in [0.25, 0.3) is 0 Å². The molecular formula is C23H22F6O3S. The number of alkyl halides is 6. The maximum absolute atomic E-state index is 12.9. The number of benzene rings is 2. The summed E-state index contributed by atoms with van der Waals surface area (Å²) < 4.78 is 102. The number of rotatable bonds is 8. The molecule has 0 spiro atoms. The summed E-state index contributed by atoms with van der Waals surface area (Å²) in [4.78, 5) is 11.8. The van der Waals surface area contributed by atoms with Crippen molar-refractivity contribution in [3.8, 4) is 0 Å². The number of Topliss-reactive ketones (excluding diaryl/α,β-unsaturated/α-hetero) is 1. The average Bonchev–Trinajstić information content (AvgIpc) is 2.70. The molecule has 0 heterocycles. The minimum absolute atomic E-state index is 0.108. The Morgan fingerprint density at radius 1 is 0.848 bits per heavy atom. The number of hydrogen-bond acceptors (Lipinski definition) is 3. The highest BCUT2D eigenvalue weighted by atomic mass is 32.2. The maximum atomic E-state index is 12.9. The Kier molecular flexibility index (Phi) is 7.26. The highest BCUT2D eigenvalue weighted by molar-refractivity contribution is 7.92. The lowest BCUT2D eigenvalue weighted by molar-refractivity contribution is -0.138. The normalized spacial score (nSPS) is 19.2. The fourth-order valence-electron chi connectivity index (χ4n) is 3.91. The van der Waals surface area contributed by atoms with Gasteiger partial charge in [0.25, 0.3) is 0 Å². The molecule has 1 aliphatic rings. The lowest BCUT2D eigenvalue weighted by atomic mass is 9.81. The summed E-state index contributed by atoms with van der Waals surface area (Å²) in [6.07, 6.45) is -6.37. The molecule has 3 rings (SSSR count). The predicted octanol–water partition coefficient (Wildman–Crippen LogP) is 6.72. The lowest BCUT2D eigenvalue weighted by Gasteiger charge is -2.35. The summed E-state index contributed by atoms with van der Waals surface area (Å²) in [5.74, 6) is -0.154. The monoisotopic (exact) mass is 492 g/mol. The topological polar surface area (TPSA) is 51.2 Å². The minimum atomic E-state index is -4.62. The molecule has 33 heavy (non-hydrogen) atoms. The van der Waals surface area contributed by atoms with Gasteiger partial charge in [0.1, 0.15) is 0 Å². The molecule has 0 bridgehead atoms. The summed E-state index contributed by atoms with van der Waals surface area (Å²) >= 11 is 0. The third-order valence-corrected chi connectivity index (χ3v) is 8.10. The maximum Gasteiger partial charge on any atom is 0.416 e. The van der Waals surface area contributed by atoms with Gasteiger partial charge in [-0.3, -0.25) is 4.79 Å². The van der Waals surface area contributed by atoms with Gasteiger partial charge in [-0.2, -0.15) is 26.3 Å². The van der Waals surface area contributed by atoms with Crippen LogP contribution in [0.2, 0.25) is 0 Å². The second-order valence-electron chi connectivity index (χ2n) is 8.27. The van der Waals surface area contributed by atoms with Gasteiger partial charge in [0, 0.05) is 12.0 Å². The summed E-state index contributed by atoms with van der Waals surface area (Å²) in [7, 11) is -3.85. The molecule has 0 amide bonds. The standard InChI is InChI=1S/C23H22F6O3S/c24-22(25,26)17-10-8-16(9-11-17)21(30)7-2-1-4-15-12-20(13-15)33(31,32)19-6-3-5-18(14-19)23(27,28)29/h3,5-6,8-11,14-15,20H,1-2,4,7,12-13H2. The highest BCUT2D eigenvalue weighted by Crippen LogP contribution is 2.40. The van der Waals surface area contributed by atoms with Crippen molar-refractivity contribution < 1.29 is 39.6 Å². The number of carbonyl (C=O) groups is 1. The molecule has 0 N–H and O–H groups in total. The molecule has 0 unspecified atom stereocenters. The third-order valence-electron chi connectivity index (χ3n) is 5.92. The molecule has 2 aromatic rings. The van der Waals surface area contributed by atoms with E-state index in [1.165, 1.54) is 6.07 Å². The molecule has 1 aliphatic carbocycles. The number of halogens is 6. The Hall–Kier alpha value is -2.36. The van der Waals surface area contributed by atoms with E-state index in [9.17, 15) is 39.6 Å². The van der Waals surface area contributed by atoms with Crippen LogP contribution in [0, 0.1) is 5.92 Å². The van der Waals surface area contributed by atoms with Crippen LogP contribution in [0.3, 0.4) is 0 Å². The minimum Gasteiger partial charge on any atom is -0.294 e. The summed E-state index contributed by atoms with van der Waals surface area (Å²) in [5, 5.41) is -0.722. The highest BCUT2D eigenvalue weighted by Gasteiger charge is 2.40. The number of ketones is 1. The van der Waals surface area contributed by atoms with Crippen LogP contribution in [0.5, 0.6) is 0 Å². The molecular weight excluding hydrogens is 470 g/mol. The number of carbonyl (C=O) groups excluding carboxylic acids is 1. The van der Waals surface area contributed by atoms with E-state index in [1.807, 2.05) is 0 Å². The van der Waals surface area contributed by atoms with Gasteiger partial charge >= 0.3 is 12.4 Å². The largest absolute Gasteiger partial charge is 0.416 e. The van der Waals surface area contributed by atoms with Gasteiger partial charge in [0.05, 0.1) is 21.3 Å². The first-order valence-electron chi connectivity index (χ1n) is 10.4. The Balaban J connectivity index is 1.43. The molecule has 180 valence electrons. The lowest BCUT2D eigenvalue weighted by Crippen LogP contribution is -2.36. The first-order chi connectivity index (χ1) is 15.3. The van der Waals surface area contributed by atoms with E-state index in [4.69, 9.17) is 0 Å². The molecule has 1 fully saturated rings. The van der Waals surface area contributed by atoms with Gasteiger partial charge < -0.3 is 0 Å². The van der Waals surface area contributed by atoms with Crippen molar-refractivity contribution in [2.45, 2.75) is 61.0 Å². The molecule has 0 aromatic heterocycles. The van der Waals surface area contributed by atoms with Crippen molar-refractivity contribution >= 4 is 15.6 Å². The van der Waals surface area contributed by atoms with Crippen molar-refractivity contribution in [3.05, 3.63) is 65.2 Å². The van der Waals surface area contributed by atoms with Crippen LogP contribution >= 0.6 is 0 Å². The van der Waals surface area contributed by atoms with Gasteiger partial charge in [0.15, 0.2) is 15.6 Å². The van der Waals surface area contributed by atoms with Crippen LogP contribution in [0.1, 0.15) is 60.0 Å². The average molecular weight is 492 g/mol. The molecule has 1 saturated carbocycles. The Bertz CT molecular complexity index is 1080. The van der Waals surface area contributed by atoms with Gasteiger partial charge in [-0.25, -0.2) is 8.42 Å². The van der Waals surface area contributed by atoms with E-state index < -0.39 is 38.6 Å². The van der Waals surface area contributed by atoms with Crippen LogP contribution in [-0.2, 0) is 22.2 Å². The second kappa shape index (κ2) is 9.48. The van der Waals surface area contributed by atoms with Crippen LogP contribution in [-0.4, -0.2) is 19.5 Å². The molecule has 0 radical (unpaired) electrons. The Labute approximate surface area is 187 Å². The van der Waals surface area contributed by atoms with E-state index in [0.29, 0.717) is 38.2 Å². The van der Waals surface area contributed by atoms with Crippen molar-refractivity contribution in [2.24, 2.45) is 5.92 Å². The fourth-order valence-corrected chi connectivity index (χ4v) is 5.91. The Morgan fingerprint density at radius 2 is 1.45 bits per heavy atom. The number of hydrogen-bond donors (Lipinski definition) is 0. The van der Waals surface area contributed by atoms with E-state index in [1.54, 1.807) is 0 Å².